The Morgan fingerprint density at radius 3 is 3.00 bits per heavy atom. The van der Waals surface area contributed by atoms with Crippen LogP contribution < -0.4 is 11.2 Å². The van der Waals surface area contributed by atoms with E-state index in [4.69, 9.17) is 10.5 Å². The van der Waals surface area contributed by atoms with Crippen LogP contribution in [0.4, 0.5) is 0 Å². The van der Waals surface area contributed by atoms with Crippen LogP contribution in [-0.4, -0.2) is 24.5 Å². The molecule has 0 aromatic heterocycles. The van der Waals surface area contributed by atoms with E-state index in [1.807, 2.05) is 6.92 Å². The quantitative estimate of drug-likeness (QED) is 0.365. The topological polar surface area (TPSA) is 59.6 Å². The van der Waals surface area contributed by atoms with Gasteiger partial charge in [-0.05, 0) is 19.1 Å². The lowest BCUT2D eigenvalue weighted by Gasteiger charge is -2.03. The SMILES string of the molecule is COC(C)CC=NNC(N)=S. The van der Waals surface area contributed by atoms with Gasteiger partial charge in [0.1, 0.15) is 0 Å². The molecule has 0 saturated carbocycles. The summed E-state index contributed by atoms with van der Waals surface area (Å²) in [6.45, 7) is 1.95. The zero-order valence-electron chi connectivity index (χ0n) is 6.70. The van der Waals surface area contributed by atoms with Gasteiger partial charge in [-0.25, -0.2) is 0 Å². The molecule has 0 heterocycles. The van der Waals surface area contributed by atoms with Crippen molar-refractivity contribution in [1.29, 1.82) is 0 Å². The van der Waals surface area contributed by atoms with E-state index in [0.717, 1.165) is 6.42 Å². The number of nitrogens with two attached hydrogens (primary N) is 1. The highest BCUT2D eigenvalue weighted by Gasteiger charge is 1.93. The Bertz CT molecular complexity index is 149. The molecular formula is C6H13N3OS. The van der Waals surface area contributed by atoms with E-state index in [1.54, 1.807) is 13.3 Å². The van der Waals surface area contributed by atoms with Gasteiger partial charge < -0.3 is 10.5 Å². The second-order valence-electron chi connectivity index (χ2n) is 2.07. The summed E-state index contributed by atoms with van der Waals surface area (Å²) in [5, 5.41) is 3.91. The predicted molar refractivity (Wildman–Crippen MR) is 49.5 cm³/mol. The van der Waals surface area contributed by atoms with Crippen molar-refractivity contribution < 1.29 is 4.74 Å². The van der Waals surface area contributed by atoms with Crippen LogP contribution in [0.25, 0.3) is 0 Å². The van der Waals surface area contributed by atoms with E-state index in [1.165, 1.54) is 0 Å². The number of ether oxygens (including phenoxy) is 1. The van der Waals surface area contributed by atoms with Gasteiger partial charge in [-0.2, -0.15) is 5.10 Å². The molecule has 0 spiro atoms. The Labute approximate surface area is 71.8 Å². The van der Waals surface area contributed by atoms with Gasteiger partial charge in [0.05, 0.1) is 6.10 Å². The molecule has 0 fully saturated rings. The Morgan fingerprint density at radius 2 is 2.55 bits per heavy atom. The molecule has 1 atom stereocenters. The number of hydrogen-bond donors (Lipinski definition) is 2. The minimum absolute atomic E-state index is 0.173. The highest BCUT2D eigenvalue weighted by molar-refractivity contribution is 7.80. The number of nitrogens with one attached hydrogen (secondary N) is 1. The van der Waals surface area contributed by atoms with Gasteiger partial charge >= 0.3 is 0 Å². The maximum atomic E-state index is 5.12. The molecule has 3 N–H and O–H groups in total. The van der Waals surface area contributed by atoms with Crippen LogP contribution in [-0.2, 0) is 4.74 Å². The lowest BCUT2D eigenvalue weighted by Crippen LogP contribution is -2.24. The summed E-state index contributed by atoms with van der Waals surface area (Å²) in [5.74, 6) is 0. The smallest absolute Gasteiger partial charge is 0.184 e. The summed E-state index contributed by atoms with van der Waals surface area (Å²) in [6.07, 6.45) is 2.59. The average Bonchev–Trinajstić information content (AvgIpc) is 1.97. The van der Waals surface area contributed by atoms with Crippen LogP contribution >= 0.6 is 12.2 Å². The molecule has 11 heavy (non-hydrogen) atoms. The Hall–Kier alpha value is -0.680. The molecular weight excluding hydrogens is 162 g/mol. The second kappa shape index (κ2) is 6.06. The summed E-state index contributed by atoms with van der Waals surface area (Å²) >= 11 is 4.52. The lowest BCUT2D eigenvalue weighted by atomic mass is 10.3. The minimum atomic E-state index is 0.173. The molecule has 5 heteroatoms. The van der Waals surface area contributed by atoms with Gasteiger partial charge in [-0.3, -0.25) is 5.43 Å². The standard InChI is InChI=1S/C6H13N3OS/c1-5(10-2)3-4-8-9-6(7)11/h4-5H,3H2,1-2H3,(H3,7,9,11). The van der Waals surface area contributed by atoms with Gasteiger partial charge in [0.15, 0.2) is 5.11 Å². The summed E-state index contributed by atoms with van der Waals surface area (Å²) in [5.41, 5.74) is 7.57. The van der Waals surface area contributed by atoms with Crippen molar-refractivity contribution in [2.24, 2.45) is 10.8 Å². The summed E-state index contributed by atoms with van der Waals surface area (Å²) < 4.78 is 4.97. The number of hydrazone groups is 1. The fourth-order valence-electron chi connectivity index (χ4n) is 0.407. The fourth-order valence-corrected chi connectivity index (χ4v) is 0.459. The Kier molecular flexibility index (Phi) is 5.68. The Balaban J connectivity index is 3.36. The summed E-state index contributed by atoms with van der Waals surface area (Å²) in [4.78, 5) is 0. The third kappa shape index (κ3) is 7.21. The van der Waals surface area contributed by atoms with Crippen LogP contribution in [0.3, 0.4) is 0 Å². The lowest BCUT2D eigenvalue weighted by molar-refractivity contribution is 0.125. The van der Waals surface area contributed by atoms with Gasteiger partial charge in [0.25, 0.3) is 0 Å². The normalized spacial score (nSPS) is 13.3. The van der Waals surface area contributed by atoms with Crippen molar-refractivity contribution in [3.05, 3.63) is 0 Å². The Morgan fingerprint density at radius 1 is 1.91 bits per heavy atom. The molecule has 0 aliphatic carbocycles. The first-order valence-corrected chi connectivity index (χ1v) is 3.67. The number of nitrogens with zero attached hydrogens (tertiary/aromatic N) is 1. The monoisotopic (exact) mass is 175 g/mol. The first-order valence-electron chi connectivity index (χ1n) is 3.26. The number of thiocarbonyl (C=S) groups is 1. The highest BCUT2D eigenvalue weighted by atomic mass is 32.1. The molecule has 0 bridgehead atoms. The fraction of sp³-hybridized carbons (Fsp3) is 0.667. The van der Waals surface area contributed by atoms with E-state index >= 15 is 0 Å². The van der Waals surface area contributed by atoms with Gasteiger partial charge in [-0.1, -0.05) is 0 Å². The van der Waals surface area contributed by atoms with Crippen LogP contribution in [0.15, 0.2) is 5.10 Å². The van der Waals surface area contributed by atoms with E-state index in [-0.39, 0.29) is 11.2 Å². The first-order chi connectivity index (χ1) is 5.16. The van der Waals surface area contributed by atoms with Crippen LogP contribution in [0.5, 0.6) is 0 Å². The largest absolute Gasteiger partial charge is 0.381 e. The van der Waals surface area contributed by atoms with Crippen LogP contribution in [0.1, 0.15) is 13.3 Å². The van der Waals surface area contributed by atoms with E-state index in [9.17, 15) is 0 Å². The molecule has 0 amide bonds. The molecule has 64 valence electrons. The average molecular weight is 175 g/mol. The molecule has 0 aromatic rings. The maximum absolute atomic E-state index is 5.12. The molecule has 0 aliphatic rings. The van der Waals surface area contributed by atoms with Crippen molar-refractivity contribution in [3.63, 3.8) is 0 Å². The molecule has 0 rings (SSSR count). The van der Waals surface area contributed by atoms with Crippen molar-refractivity contribution in [1.82, 2.24) is 5.43 Å². The minimum Gasteiger partial charge on any atom is -0.381 e. The molecule has 0 aromatic carbocycles. The van der Waals surface area contributed by atoms with E-state index in [0.29, 0.717) is 0 Å². The van der Waals surface area contributed by atoms with E-state index < -0.39 is 0 Å². The zero-order chi connectivity index (χ0) is 8.69. The zero-order valence-corrected chi connectivity index (χ0v) is 7.52. The summed E-state index contributed by atoms with van der Waals surface area (Å²) in [7, 11) is 1.65. The third-order valence-electron chi connectivity index (χ3n) is 1.11. The van der Waals surface area contributed by atoms with Gasteiger partial charge in [0.2, 0.25) is 0 Å². The summed E-state index contributed by atoms with van der Waals surface area (Å²) in [6, 6.07) is 0. The highest BCUT2D eigenvalue weighted by Crippen LogP contribution is 1.90. The first kappa shape index (κ1) is 10.3. The molecule has 0 radical (unpaired) electrons. The van der Waals surface area contributed by atoms with Gasteiger partial charge in [-0.15, -0.1) is 0 Å². The number of methoxy groups -OCH3 is 1. The second-order valence-corrected chi connectivity index (χ2v) is 2.51. The predicted octanol–water partition coefficient (Wildman–Crippen LogP) is 0.230. The van der Waals surface area contributed by atoms with Crippen LogP contribution in [0.2, 0.25) is 0 Å². The molecule has 0 aliphatic heterocycles. The molecule has 0 saturated heterocycles. The molecule has 4 nitrogen and oxygen atoms in total. The van der Waals surface area contributed by atoms with Crippen molar-refractivity contribution in [2.45, 2.75) is 19.4 Å². The molecule has 1 unspecified atom stereocenters. The number of rotatable bonds is 4. The third-order valence-corrected chi connectivity index (χ3v) is 1.20. The van der Waals surface area contributed by atoms with Gasteiger partial charge in [0, 0.05) is 19.7 Å². The van der Waals surface area contributed by atoms with Crippen molar-refractivity contribution in [3.8, 4) is 0 Å². The van der Waals surface area contributed by atoms with Crippen LogP contribution in [0, 0.1) is 0 Å². The number of hydrogen-bond acceptors (Lipinski definition) is 3. The van der Waals surface area contributed by atoms with Crippen molar-refractivity contribution >= 4 is 23.5 Å². The van der Waals surface area contributed by atoms with Crippen molar-refractivity contribution in [2.75, 3.05) is 7.11 Å². The van der Waals surface area contributed by atoms with E-state index in [2.05, 4.69) is 22.7 Å². The maximum Gasteiger partial charge on any atom is 0.184 e.